The van der Waals surface area contributed by atoms with E-state index in [4.69, 9.17) is 0 Å². The van der Waals surface area contributed by atoms with Gasteiger partial charge in [0.25, 0.3) is 0 Å². The van der Waals surface area contributed by atoms with Gasteiger partial charge in [0.15, 0.2) is 0 Å². The second-order valence-corrected chi connectivity index (χ2v) is 3.15. The van der Waals surface area contributed by atoms with Crippen LogP contribution in [0.2, 0.25) is 0 Å². The van der Waals surface area contributed by atoms with Gasteiger partial charge in [0, 0.05) is 26.2 Å². The highest BCUT2D eigenvalue weighted by Crippen LogP contribution is 1.97. The number of rotatable bonds is 2. The van der Waals surface area contributed by atoms with Gasteiger partial charge in [-0.1, -0.05) is 0 Å². The largest absolute Gasteiger partial charge is 0.334 e. The quantitative estimate of drug-likeness (QED) is 0.614. The van der Waals surface area contributed by atoms with E-state index >= 15 is 0 Å². The number of hydrogen-bond donors (Lipinski definition) is 2. The number of amides is 2. The van der Waals surface area contributed by atoms with E-state index in [-0.39, 0.29) is 6.03 Å². The standard InChI is InChI=1S/C8H17N3O/c1-3-11(2)8(12)10-7-4-5-9-6-7/h7,9H,3-6H2,1-2H3,(H,10,12)/t7-/m1/s1. The lowest BCUT2D eigenvalue weighted by Crippen LogP contribution is -2.43. The van der Waals surface area contributed by atoms with Gasteiger partial charge in [-0.3, -0.25) is 0 Å². The number of nitrogens with zero attached hydrogens (tertiary/aromatic N) is 1. The van der Waals surface area contributed by atoms with E-state index in [0.717, 1.165) is 26.1 Å². The molecule has 1 saturated heterocycles. The van der Waals surface area contributed by atoms with Crippen LogP contribution < -0.4 is 10.6 Å². The molecule has 0 aromatic rings. The molecule has 1 aliphatic heterocycles. The summed E-state index contributed by atoms with van der Waals surface area (Å²) in [6, 6.07) is 0.359. The first-order chi connectivity index (χ1) is 5.74. The third-order valence-electron chi connectivity index (χ3n) is 2.21. The van der Waals surface area contributed by atoms with Crippen LogP contribution in [0.25, 0.3) is 0 Å². The average Bonchev–Trinajstić information content (AvgIpc) is 2.55. The summed E-state index contributed by atoms with van der Waals surface area (Å²) >= 11 is 0. The van der Waals surface area contributed by atoms with Crippen molar-refractivity contribution in [1.82, 2.24) is 15.5 Å². The molecular formula is C8H17N3O. The smallest absolute Gasteiger partial charge is 0.317 e. The normalized spacial score (nSPS) is 22.3. The van der Waals surface area contributed by atoms with E-state index in [2.05, 4.69) is 10.6 Å². The summed E-state index contributed by atoms with van der Waals surface area (Å²) in [5.74, 6) is 0. The Hall–Kier alpha value is -0.770. The maximum absolute atomic E-state index is 11.3. The van der Waals surface area contributed by atoms with Crippen molar-refractivity contribution in [3.63, 3.8) is 0 Å². The molecule has 1 atom stereocenters. The Morgan fingerprint density at radius 2 is 2.50 bits per heavy atom. The van der Waals surface area contributed by atoms with E-state index in [9.17, 15) is 4.79 Å². The van der Waals surface area contributed by atoms with Crippen molar-refractivity contribution in [2.24, 2.45) is 0 Å². The molecule has 0 radical (unpaired) electrons. The number of hydrogen-bond acceptors (Lipinski definition) is 2. The van der Waals surface area contributed by atoms with Gasteiger partial charge in [0.2, 0.25) is 0 Å². The summed E-state index contributed by atoms with van der Waals surface area (Å²) in [5, 5.41) is 6.16. The summed E-state index contributed by atoms with van der Waals surface area (Å²) in [7, 11) is 1.80. The summed E-state index contributed by atoms with van der Waals surface area (Å²) in [5.41, 5.74) is 0. The van der Waals surface area contributed by atoms with Crippen molar-refractivity contribution in [2.45, 2.75) is 19.4 Å². The lowest BCUT2D eigenvalue weighted by molar-refractivity contribution is 0.207. The Labute approximate surface area is 73.3 Å². The van der Waals surface area contributed by atoms with Gasteiger partial charge < -0.3 is 15.5 Å². The van der Waals surface area contributed by atoms with Crippen LogP contribution in [0.1, 0.15) is 13.3 Å². The Morgan fingerprint density at radius 1 is 1.75 bits per heavy atom. The zero-order chi connectivity index (χ0) is 8.97. The van der Waals surface area contributed by atoms with Gasteiger partial charge in [-0.2, -0.15) is 0 Å². The summed E-state index contributed by atoms with van der Waals surface area (Å²) in [6.07, 6.45) is 1.04. The molecule has 1 heterocycles. The molecule has 0 spiro atoms. The molecule has 4 nitrogen and oxygen atoms in total. The van der Waals surface area contributed by atoms with E-state index < -0.39 is 0 Å². The Bertz CT molecular complexity index is 154. The lowest BCUT2D eigenvalue weighted by atomic mass is 10.3. The third-order valence-corrected chi connectivity index (χ3v) is 2.21. The molecular weight excluding hydrogens is 154 g/mol. The van der Waals surface area contributed by atoms with Gasteiger partial charge in [-0.15, -0.1) is 0 Å². The molecule has 70 valence electrons. The molecule has 12 heavy (non-hydrogen) atoms. The Kier molecular flexibility index (Phi) is 3.34. The topological polar surface area (TPSA) is 44.4 Å². The van der Waals surface area contributed by atoms with E-state index in [1.165, 1.54) is 0 Å². The van der Waals surface area contributed by atoms with Gasteiger partial charge in [0.1, 0.15) is 0 Å². The predicted octanol–water partition coefficient (Wildman–Crippen LogP) is 0.00960. The molecule has 1 fully saturated rings. The Morgan fingerprint density at radius 3 is 3.00 bits per heavy atom. The maximum atomic E-state index is 11.3. The van der Waals surface area contributed by atoms with Crippen molar-refractivity contribution < 1.29 is 4.79 Å². The van der Waals surface area contributed by atoms with Gasteiger partial charge >= 0.3 is 6.03 Å². The van der Waals surface area contributed by atoms with Gasteiger partial charge in [0.05, 0.1) is 0 Å². The lowest BCUT2D eigenvalue weighted by Gasteiger charge is -2.18. The average molecular weight is 171 g/mol. The molecule has 0 aliphatic carbocycles. The monoisotopic (exact) mass is 171 g/mol. The highest BCUT2D eigenvalue weighted by molar-refractivity contribution is 5.74. The van der Waals surface area contributed by atoms with Gasteiger partial charge in [-0.05, 0) is 19.9 Å². The molecule has 0 unspecified atom stereocenters. The van der Waals surface area contributed by atoms with Crippen LogP contribution >= 0.6 is 0 Å². The van der Waals surface area contributed by atoms with Crippen LogP contribution in [0.3, 0.4) is 0 Å². The number of nitrogens with one attached hydrogen (secondary N) is 2. The first kappa shape index (κ1) is 9.32. The number of carbonyl (C=O) groups excluding carboxylic acids is 1. The number of carbonyl (C=O) groups is 1. The van der Waals surface area contributed by atoms with Gasteiger partial charge in [-0.25, -0.2) is 4.79 Å². The summed E-state index contributed by atoms with van der Waals surface area (Å²) < 4.78 is 0. The minimum atomic E-state index is 0.0335. The maximum Gasteiger partial charge on any atom is 0.317 e. The van der Waals surface area contributed by atoms with Crippen LogP contribution in [-0.2, 0) is 0 Å². The number of urea groups is 1. The first-order valence-corrected chi connectivity index (χ1v) is 4.46. The van der Waals surface area contributed by atoms with E-state index in [0.29, 0.717) is 6.04 Å². The molecule has 0 aromatic carbocycles. The SMILES string of the molecule is CCN(C)C(=O)N[C@@H]1CCNC1. The van der Waals surface area contributed by atoms with Crippen LogP contribution in [0.4, 0.5) is 4.79 Å². The molecule has 1 aliphatic rings. The molecule has 0 bridgehead atoms. The van der Waals surface area contributed by atoms with Crippen LogP contribution in [0.5, 0.6) is 0 Å². The fourth-order valence-corrected chi connectivity index (χ4v) is 1.21. The zero-order valence-corrected chi connectivity index (χ0v) is 7.76. The molecule has 4 heteroatoms. The van der Waals surface area contributed by atoms with E-state index in [1.807, 2.05) is 6.92 Å². The van der Waals surface area contributed by atoms with Crippen molar-refractivity contribution in [2.75, 3.05) is 26.7 Å². The van der Waals surface area contributed by atoms with Crippen molar-refractivity contribution in [3.05, 3.63) is 0 Å². The van der Waals surface area contributed by atoms with Crippen molar-refractivity contribution in [1.29, 1.82) is 0 Å². The third kappa shape index (κ3) is 2.37. The van der Waals surface area contributed by atoms with Crippen molar-refractivity contribution in [3.8, 4) is 0 Å². The zero-order valence-electron chi connectivity index (χ0n) is 7.76. The van der Waals surface area contributed by atoms with Crippen LogP contribution in [0.15, 0.2) is 0 Å². The van der Waals surface area contributed by atoms with E-state index in [1.54, 1.807) is 11.9 Å². The summed E-state index contributed by atoms with van der Waals surface area (Å²) in [4.78, 5) is 13.0. The second kappa shape index (κ2) is 4.30. The van der Waals surface area contributed by atoms with Crippen LogP contribution in [-0.4, -0.2) is 43.7 Å². The molecule has 2 N–H and O–H groups in total. The fraction of sp³-hybridized carbons (Fsp3) is 0.875. The minimum absolute atomic E-state index is 0.0335. The molecule has 0 saturated carbocycles. The summed E-state index contributed by atoms with van der Waals surface area (Å²) in [6.45, 7) is 4.64. The second-order valence-electron chi connectivity index (χ2n) is 3.15. The highest BCUT2D eigenvalue weighted by atomic mass is 16.2. The molecule has 1 rings (SSSR count). The minimum Gasteiger partial charge on any atom is -0.334 e. The Balaban J connectivity index is 2.25. The predicted molar refractivity (Wildman–Crippen MR) is 48.1 cm³/mol. The molecule has 0 aromatic heterocycles. The van der Waals surface area contributed by atoms with Crippen LogP contribution in [0, 0.1) is 0 Å². The van der Waals surface area contributed by atoms with Crippen molar-refractivity contribution >= 4 is 6.03 Å². The highest BCUT2D eigenvalue weighted by Gasteiger charge is 2.17. The first-order valence-electron chi connectivity index (χ1n) is 4.46. The fourth-order valence-electron chi connectivity index (χ4n) is 1.21. The molecule has 2 amide bonds.